The van der Waals surface area contributed by atoms with Crippen molar-refractivity contribution < 1.29 is 23.6 Å². The lowest BCUT2D eigenvalue weighted by atomic mass is 9.75. The molecule has 3 rings (SSSR count). The smallest absolute Gasteiger partial charge is 0.307 e. The van der Waals surface area contributed by atoms with E-state index < -0.39 is 13.5 Å². The van der Waals surface area contributed by atoms with Gasteiger partial charge in [-0.2, -0.15) is 0 Å². The fourth-order valence-corrected chi connectivity index (χ4v) is 6.78. The summed E-state index contributed by atoms with van der Waals surface area (Å²) in [5, 5.41) is 1.16. The van der Waals surface area contributed by atoms with E-state index in [1.54, 1.807) is 14.2 Å². The van der Waals surface area contributed by atoms with E-state index in [-0.39, 0.29) is 12.1 Å². The van der Waals surface area contributed by atoms with E-state index in [1.807, 2.05) is 27.0 Å². The molecule has 0 unspecified atom stereocenters. The van der Waals surface area contributed by atoms with Crippen molar-refractivity contribution in [2.24, 2.45) is 12.5 Å². The third kappa shape index (κ3) is 6.30. The molecule has 196 valence electrons. The highest BCUT2D eigenvalue weighted by Crippen LogP contribution is 2.40. The summed E-state index contributed by atoms with van der Waals surface area (Å²) in [4.78, 5) is 12.8. The molecular formula is C29H43N2O4Si+. The molecule has 0 radical (unpaired) electrons. The lowest BCUT2D eigenvalue weighted by Crippen LogP contribution is -2.37. The molecule has 0 amide bonds. The summed E-state index contributed by atoms with van der Waals surface area (Å²) in [5.74, 6) is 1.31. The van der Waals surface area contributed by atoms with Crippen molar-refractivity contribution >= 4 is 31.2 Å². The lowest BCUT2D eigenvalue weighted by molar-refractivity contribution is -0.457. The van der Waals surface area contributed by atoms with Gasteiger partial charge in [-0.3, -0.25) is 4.79 Å². The van der Waals surface area contributed by atoms with Gasteiger partial charge in [-0.1, -0.05) is 31.8 Å². The molecule has 0 fully saturated rings. The Bertz CT molecular complexity index is 1190. The van der Waals surface area contributed by atoms with Gasteiger partial charge >= 0.3 is 5.97 Å². The summed E-state index contributed by atoms with van der Waals surface area (Å²) in [6.45, 7) is 16.1. The van der Waals surface area contributed by atoms with Crippen LogP contribution < -0.4 is 9.47 Å². The molecule has 1 aliphatic rings. The van der Waals surface area contributed by atoms with Crippen LogP contribution in [-0.4, -0.2) is 56.3 Å². The predicted molar refractivity (Wildman–Crippen MR) is 150 cm³/mol. The predicted octanol–water partition coefficient (Wildman–Crippen LogP) is 5.96. The molecule has 1 aliphatic heterocycles. The first-order valence-corrected chi connectivity index (χ1v) is 16.4. The second kappa shape index (κ2) is 11.1. The Morgan fingerprint density at radius 2 is 1.94 bits per heavy atom. The molecular weight excluding hydrogens is 468 g/mol. The number of aromatic nitrogens is 1. The van der Waals surface area contributed by atoms with E-state index in [2.05, 4.69) is 66.1 Å². The van der Waals surface area contributed by atoms with Gasteiger partial charge in [-0.05, 0) is 50.1 Å². The van der Waals surface area contributed by atoms with E-state index in [0.717, 1.165) is 53.4 Å². The fraction of sp³-hybridized carbons (Fsp3) is 0.517. The van der Waals surface area contributed by atoms with Gasteiger partial charge in [0.15, 0.2) is 30.5 Å². The SMILES string of the molecule is C=C(C[Si](C)(C)C)[C@]1(CC(=O)OC(C)C)C=[N+](CCc2cn(C)c3c(OC)c(OC)ccc23)C=CC1. The number of fused-ring (bicyclic) bond motifs is 1. The Morgan fingerprint density at radius 3 is 2.56 bits per heavy atom. The largest absolute Gasteiger partial charge is 0.493 e. The van der Waals surface area contributed by atoms with Crippen LogP contribution in [0.1, 0.15) is 32.3 Å². The van der Waals surface area contributed by atoms with Crippen LogP contribution in [0.25, 0.3) is 10.9 Å². The van der Waals surface area contributed by atoms with Crippen LogP contribution in [0.3, 0.4) is 0 Å². The molecule has 0 N–H and O–H groups in total. The summed E-state index contributed by atoms with van der Waals surface area (Å²) in [7, 11) is 3.96. The zero-order valence-corrected chi connectivity index (χ0v) is 24.3. The van der Waals surface area contributed by atoms with E-state index in [9.17, 15) is 4.79 Å². The number of benzene rings is 1. The molecule has 36 heavy (non-hydrogen) atoms. The first-order valence-electron chi connectivity index (χ1n) is 12.7. The molecule has 2 heterocycles. The van der Waals surface area contributed by atoms with Gasteiger partial charge in [-0.25, -0.2) is 4.58 Å². The zero-order chi connectivity index (χ0) is 26.7. The quantitative estimate of drug-likeness (QED) is 0.162. The second-order valence-electron chi connectivity index (χ2n) is 11.4. The number of aryl methyl sites for hydroxylation is 1. The Balaban J connectivity index is 1.90. The van der Waals surface area contributed by atoms with Crippen LogP contribution in [0.15, 0.2) is 42.8 Å². The molecule has 1 atom stereocenters. The number of esters is 1. The number of hydrogen-bond acceptors (Lipinski definition) is 4. The Morgan fingerprint density at radius 1 is 1.22 bits per heavy atom. The minimum absolute atomic E-state index is 0.128. The van der Waals surface area contributed by atoms with Crippen LogP contribution in [-0.2, 0) is 23.0 Å². The average Bonchev–Trinajstić information content (AvgIpc) is 3.11. The lowest BCUT2D eigenvalue weighted by Gasteiger charge is -2.33. The number of nitrogens with zero attached hydrogens (tertiary/aromatic N) is 2. The van der Waals surface area contributed by atoms with Crippen molar-refractivity contribution in [1.29, 1.82) is 0 Å². The number of allylic oxidation sites excluding steroid dienone is 2. The summed E-state index contributed by atoms with van der Waals surface area (Å²) >= 11 is 0. The Hall–Kier alpha value is -2.80. The minimum atomic E-state index is -1.41. The van der Waals surface area contributed by atoms with E-state index in [4.69, 9.17) is 14.2 Å². The molecule has 1 aromatic carbocycles. The van der Waals surface area contributed by atoms with Crippen LogP contribution in [0.2, 0.25) is 25.7 Å². The molecule has 0 bridgehead atoms. The van der Waals surface area contributed by atoms with Crippen molar-refractivity contribution in [3.63, 3.8) is 0 Å². The van der Waals surface area contributed by atoms with Crippen molar-refractivity contribution in [2.75, 3.05) is 20.8 Å². The molecule has 6 nitrogen and oxygen atoms in total. The Labute approximate surface area is 217 Å². The van der Waals surface area contributed by atoms with Gasteiger partial charge in [0.2, 0.25) is 0 Å². The summed E-state index contributed by atoms with van der Waals surface area (Å²) < 4.78 is 21.0. The third-order valence-corrected chi connectivity index (χ3v) is 8.16. The number of ether oxygens (including phenoxy) is 3. The molecule has 0 spiro atoms. The third-order valence-electron chi connectivity index (χ3n) is 6.67. The highest BCUT2D eigenvalue weighted by Gasteiger charge is 2.41. The van der Waals surface area contributed by atoms with Crippen molar-refractivity contribution in [3.8, 4) is 11.5 Å². The number of carbonyl (C=O) groups excluding carboxylic acids is 1. The van der Waals surface area contributed by atoms with Gasteiger partial charge in [-0.15, -0.1) is 0 Å². The molecule has 0 saturated heterocycles. The maximum absolute atomic E-state index is 12.8. The molecule has 1 aromatic heterocycles. The van der Waals surface area contributed by atoms with Crippen molar-refractivity contribution in [1.82, 2.24) is 4.57 Å². The van der Waals surface area contributed by atoms with Crippen LogP contribution in [0.5, 0.6) is 11.5 Å². The summed E-state index contributed by atoms with van der Waals surface area (Å²) in [6, 6.07) is 5.04. The molecule has 0 aliphatic carbocycles. The maximum Gasteiger partial charge on any atom is 0.307 e. The van der Waals surface area contributed by atoms with Gasteiger partial charge in [0, 0.05) is 33.1 Å². The zero-order valence-electron chi connectivity index (χ0n) is 23.3. The van der Waals surface area contributed by atoms with Crippen LogP contribution >= 0.6 is 0 Å². The van der Waals surface area contributed by atoms with Gasteiger partial charge < -0.3 is 18.8 Å². The number of hydrogen-bond donors (Lipinski definition) is 0. The summed E-state index contributed by atoms with van der Waals surface area (Å²) in [6.07, 6.45) is 10.5. The highest BCUT2D eigenvalue weighted by molar-refractivity contribution is 6.76. The van der Waals surface area contributed by atoms with E-state index in [0.29, 0.717) is 6.42 Å². The fourth-order valence-electron chi connectivity index (χ4n) is 5.14. The molecule has 0 saturated carbocycles. The molecule has 2 aromatic rings. The first-order chi connectivity index (χ1) is 16.9. The standard InChI is InChI=1S/C29H43N2O4Si/c1-21(2)35-26(32)17-29(22(3)19-36(7,8)9)14-10-15-31(20-29)16-13-23-18-30(4)27-24(23)11-12-25(33-5)28(27)34-6/h10-12,15,18,20-21H,3,13-14,16-17,19H2,1-2,4-9H3/q+1/t29-/m1/s1. The second-order valence-corrected chi connectivity index (χ2v) is 16.9. The number of carbonyl (C=O) groups is 1. The number of rotatable bonds is 11. The van der Waals surface area contributed by atoms with Gasteiger partial charge in [0.25, 0.3) is 0 Å². The van der Waals surface area contributed by atoms with E-state index >= 15 is 0 Å². The van der Waals surface area contributed by atoms with Crippen LogP contribution in [0.4, 0.5) is 0 Å². The normalized spacial score (nSPS) is 17.9. The van der Waals surface area contributed by atoms with Gasteiger partial charge in [0.1, 0.15) is 0 Å². The number of methoxy groups -OCH3 is 2. The summed E-state index contributed by atoms with van der Waals surface area (Å²) in [5.41, 5.74) is 2.99. The van der Waals surface area contributed by atoms with Crippen molar-refractivity contribution in [3.05, 3.63) is 48.3 Å². The van der Waals surface area contributed by atoms with Crippen LogP contribution in [0, 0.1) is 5.41 Å². The van der Waals surface area contributed by atoms with E-state index in [1.165, 1.54) is 5.56 Å². The van der Waals surface area contributed by atoms with Crippen molar-refractivity contribution in [2.45, 2.75) is 64.9 Å². The average molecular weight is 512 g/mol. The first kappa shape index (κ1) is 27.8. The Kier molecular flexibility index (Phi) is 8.54. The minimum Gasteiger partial charge on any atom is -0.493 e. The molecule has 7 heteroatoms. The topological polar surface area (TPSA) is 52.7 Å². The monoisotopic (exact) mass is 511 g/mol. The highest BCUT2D eigenvalue weighted by atomic mass is 28.3. The maximum atomic E-state index is 12.8. The van der Waals surface area contributed by atoms with Gasteiger partial charge in [0.05, 0.1) is 37.7 Å².